The number of phenols is 1. The number of aliphatic carboxylic acids is 1. The molecule has 0 saturated heterocycles. The van der Waals surface area contributed by atoms with Gasteiger partial charge in [0, 0.05) is 48.8 Å². The average molecular weight is 885 g/mol. The number of unbranched alkanes of at least 4 members (excludes halogenated alkanes) is 2. The summed E-state index contributed by atoms with van der Waals surface area (Å²) in [5.74, 6) is -1.60. The van der Waals surface area contributed by atoms with Crippen molar-refractivity contribution in [2.75, 3.05) is 23.5 Å². The van der Waals surface area contributed by atoms with Gasteiger partial charge in [-0.3, -0.25) is 19.6 Å². The zero-order chi connectivity index (χ0) is 45.5. The molecular formula is C48H48N6O9S. The van der Waals surface area contributed by atoms with Crippen LogP contribution in [0.4, 0.5) is 11.5 Å². The van der Waals surface area contributed by atoms with Crippen LogP contribution in [0, 0.1) is 0 Å². The Morgan fingerprint density at radius 2 is 1.56 bits per heavy atom. The molecule has 0 spiro atoms. The van der Waals surface area contributed by atoms with E-state index in [0.29, 0.717) is 43.7 Å². The van der Waals surface area contributed by atoms with Crippen molar-refractivity contribution in [3.63, 3.8) is 0 Å². The zero-order valence-corrected chi connectivity index (χ0v) is 35.8. The van der Waals surface area contributed by atoms with E-state index in [9.17, 15) is 37.6 Å². The first-order valence-electron chi connectivity index (χ1n) is 20.6. The fourth-order valence-corrected chi connectivity index (χ4v) is 7.49. The summed E-state index contributed by atoms with van der Waals surface area (Å²) in [5, 5.41) is 27.3. The topological polar surface area (TPSA) is 221 Å². The van der Waals surface area contributed by atoms with Crippen LogP contribution in [0.2, 0.25) is 0 Å². The van der Waals surface area contributed by atoms with E-state index in [1.807, 2.05) is 79.7 Å². The van der Waals surface area contributed by atoms with E-state index in [0.717, 1.165) is 22.4 Å². The SMILES string of the molecule is CCCN(C(=O)c1ccc(NN=Cc2ccccc2S(=O)(=O)O)nc1)c1cc(O)ccc1C[C@H](NC(=O)CCCCCOc1cc(-c2ccccc2)cc(-c2ccccc2)n1)C(=O)O. The quantitative estimate of drug-likeness (QED) is 0.0201. The van der Waals surface area contributed by atoms with Gasteiger partial charge in [-0.15, -0.1) is 0 Å². The number of carboxylic acid groups (broad SMARTS) is 1. The maximum Gasteiger partial charge on any atom is 0.326 e. The minimum Gasteiger partial charge on any atom is -0.508 e. The van der Waals surface area contributed by atoms with Crippen molar-refractivity contribution in [3.8, 4) is 34.0 Å². The molecule has 0 saturated carbocycles. The Labute approximate surface area is 371 Å². The van der Waals surface area contributed by atoms with Gasteiger partial charge >= 0.3 is 5.97 Å². The highest BCUT2D eigenvalue weighted by Crippen LogP contribution is 2.30. The lowest BCUT2D eigenvalue weighted by molar-refractivity contribution is -0.141. The number of hydrazone groups is 1. The number of amides is 2. The number of nitrogens with one attached hydrogen (secondary N) is 2. The van der Waals surface area contributed by atoms with Gasteiger partial charge < -0.3 is 25.2 Å². The van der Waals surface area contributed by atoms with Crippen molar-refractivity contribution in [2.45, 2.75) is 56.4 Å². The summed E-state index contributed by atoms with van der Waals surface area (Å²) in [4.78, 5) is 49.5. The van der Waals surface area contributed by atoms with Gasteiger partial charge in [0.05, 0.1) is 29.8 Å². The number of benzene rings is 4. The first-order valence-corrected chi connectivity index (χ1v) is 22.1. The highest BCUT2D eigenvalue weighted by Gasteiger charge is 2.26. The van der Waals surface area contributed by atoms with Gasteiger partial charge in [0.15, 0.2) is 0 Å². The first-order chi connectivity index (χ1) is 30.9. The number of nitrogens with zero attached hydrogens (tertiary/aromatic N) is 4. The number of carbonyl (C=O) groups is 3. The van der Waals surface area contributed by atoms with Crippen LogP contribution < -0.4 is 20.4 Å². The highest BCUT2D eigenvalue weighted by molar-refractivity contribution is 7.86. The van der Waals surface area contributed by atoms with E-state index in [1.54, 1.807) is 6.07 Å². The molecule has 0 aliphatic carbocycles. The minimum atomic E-state index is -4.47. The van der Waals surface area contributed by atoms with Gasteiger partial charge in [0.1, 0.15) is 22.5 Å². The van der Waals surface area contributed by atoms with Crippen molar-refractivity contribution >= 4 is 45.6 Å². The Kier molecular flexibility index (Phi) is 15.9. The van der Waals surface area contributed by atoms with Gasteiger partial charge in [-0.2, -0.15) is 13.5 Å². The van der Waals surface area contributed by atoms with Gasteiger partial charge in [-0.05, 0) is 72.7 Å². The lowest BCUT2D eigenvalue weighted by Crippen LogP contribution is -2.42. The Balaban J connectivity index is 1.04. The van der Waals surface area contributed by atoms with Gasteiger partial charge in [0.25, 0.3) is 16.0 Å². The molecule has 5 N–H and O–H groups in total. The summed E-state index contributed by atoms with van der Waals surface area (Å²) in [7, 11) is -4.47. The average Bonchev–Trinajstić information content (AvgIpc) is 3.30. The van der Waals surface area contributed by atoms with E-state index in [2.05, 4.69) is 20.8 Å². The van der Waals surface area contributed by atoms with Crippen LogP contribution >= 0.6 is 0 Å². The number of pyridine rings is 2. The molecule has 0 bridgehead atoms. The Morgan fingerprint density at radius 1 is 0.844 bits per heavy atom. The standard InChI is InChI=1S/C48H48N6O9S/c1-2-25-54(47(57)37-22-24-44(49-31-37)53-50-32-36-18-11-12-19-43(36)64(60,61)62)42-30-39(55)23-21-35(42)27-41(48(58)59)51-45(56)20-10-5-13-26-63-46-29-38(33-14-6-3-7-15-33)28-40(52-46)34-16-8-4-9-17-34/h3-4,6-9,11-12,14-19,21-24,28-32,41,55H,2,5,10,13,20,25-27H2,1H3,(H,49,53)(H,51,56)(H,58,59)(H,60,61,62)/t41-/m0/s1. The summed E-state index contributed by atoms with van der Waals surface area (Å²) in [5.41, 5.74) is 7.43. The highest BCUT2D eigenvalue weighted by atomic mass is 32.2. The van der Waals surface area contributed by atoms with E-state index < -0.39 is 33.9 Å². The van der Waals surface area contributed by atoms with Crippen molar-refractivity contribution < 1.29 is 42.3 Å². The Morgan fingerprint density at radius 3 is 2.25 bits per heavy atom. The lowest BCUT2D eigenvalue weighted by Gasteiger charge is -2.26. The number of carbonyl (C=O) groups excluding carboxylic acids is 2. The molecule has 330 valence electrons. The predicted octanol–water partition coefficient (Wildman–Crippen LogP) is 8.02. The molecule has 15 nitrogen and oxygen atoms in total. The first kappa shape index (κ1) is 46.1. The van der Waals surface area contributed by atoms with Crippen LogP contribution in [0.3, 0.4) is 0 Å². The van der Waals surface area contributed by atoms with Crippen molar-refractivity contribution in [2.24, 2.45) is 5.10 Å². The predicted molar refractivity (Wildman–Crippen MR) is 244 cm³/mol. The second kappa shape index (κ2) is 22.1. The smallest absolute Gasteiger partial charge is 0.326 e. The number of carboxylic acids is 1. The Bertz CT molecular complexity index is 2630. The fraction of sp³-hybridized carbons (Fsp3) is 0.208. The monoisotopic (exact) mass is 884 g/mol. The third-order valence-corrected chi connectivity index (χ3v) is 10.9. The molecule has 64 heavy (non-hydrogen) atoms. The number of phenolic OH excluding ortho intramolecular Hbond substituents is 1. The molecule has 0 aliphatic rings. The molecule has 6 aromatic rings. The van der Waals surface area contributed by atoms with Crippen LogP contribution in [0.15, 0.2) is 144 Å². The second-order valence-corrected chi connectivity index (χ2v) is 16.1. The zero-order valence-electron chi connectivity index (χ0n) is 35.0. The van der Waals surface area contributed by atoms with Crippen molar-refractivity contribution in [1.29, 1.82) is 0 Å². The number of ether oxygens (including phenoxy) is 1. The number of aromatic nitrogens is 2. The molecule has 2 aromatic heterocycles. The van der Waals surface area contributed by atoms with Gasteiger partial charge in [0.2, 0.25) is 11.8 Å². The maximum atomic E-state index is 13.9. The van der Waals surface area contributed by atoms with E-state index in [1.165, 1.54) is 65.8 Å². The molecule has 2 heterocycles. The molecule has 1 atom stereocenters. The van der Waals surface area contributed by atoms with E-state index in [-0.39, 0.29) is 52.7 Å². The van der Waals surface area contributed by atoms with Crippen LogP contribution in [-0.4, -0.2) is 76.3 Å². The van der Waals surface area contributed by atoms with Crippen molar-refractivity contribution in [3.05, 3.63) is 150 Å². The molecule has 0 unspecified atom stereocenters. The number of hydrogen-bond donors (Lipinski definition) is 5. The Hall–Kier alpha value is -7.43. The van der Waals surface area contributed by atoms with E-state index >= 15 is 0 Å². The number of aromatic hydroxyl groups is 1. The number of anilines is 2. The maximum absolute atomic E-state index is 13.9. The fourth-order valence-electron chi connectivity index (χ4n) is 6.82. The second-order valence-electron chi connectivity index (χ2n) is 14.7. The summed E-state index contributed by atoms with van der Waals surface area (Å²) in [6, 6.07) is 35.5. The van der Waals surface area contributed by atoms with Crippen LogP contribution in [0.5, 0.6) is 11.6 Å². The molecule has 6 rings (SSSR count). The summed E-state index contributed by atoms with van der Waals surface area (Å²) < 4.78 is 38.9. The van der Waals surface area contributed by atoms with Crippen molar-refractivity contribution in [1.82, 2.24) is 15.3 Å². The molecule has 2 amide bonds. The third kappa shape index (κ3) is 12.8. The third-order valence-electron chi connectivity index (χ3n) is 9.98. The minimum absolute atomic E-state index is 0.0909. The number of rotatable bonds is 21. The lowest BCUT2D eigenvalue weighted by atomic mass is 10.0. The largest absolute Gasteiger partial charge is 0.508 e. The van der Waals surface area contributed by atoms with Crippen LogP contribution in [-0.2, 0) is 26.1 Å². The summed E-state index contributed by atoms with van der Waals surface area (Å²) in [6.45, 7) is 2.45. The number of hydrogen-bond acceptors (Lipinski definition) is 11. The molecular weight excluding hydrogens is 837 g/mol. The summed E-state index contributed by atoms with van der Waals surface area (Å²) in [6.07, 6.45) is 4.74. The van der Waals surface area contributed by atoms with Gasteiger partial charge in [-0.25, -0.2) is 14.8 Å². The molecule has 4 aromatic carbocycles. The van der Waals surface area contributed by atoms with Crippen LogP contribution in [0.25, 0.3) is 22.4 Å². The van der Waals surface area contributed by atoms with Gasteiger partial charge in [-0.1, -0.05) is 91.9 Å². The molecule has 0 radical (unpaired) electrons. The molecule has 16 heteroatoms. The summed E-state index contributed by atoms with van der Waals surface area (Å²) >= 11 is 0. The van der Waals surface area contributed by atoms with Crippen LogP contribution in [0.1, 0.15) is 60.5 Å². The molecule has 0 fully saturated rings. The normalized spacial score (nSPS) is 11.8. The molecule has 0 aliphatic heterocycles. The van der Waals surface area contributed by atoms with E-state index in [4.69, 9.17) is 9.72 Å².